The van der Waals surface area contributed by atoms with E-state index >= 15 is 0 Å². The van der Waals surface area contributed by atoms with Crippen molar-refractivity contribution in [2.75, 3.05) is 18.4 Å². The zero-order valence-corrected chi connectivity index (χ0v) is 10.3. The summed E-state index contributed by atoms with van der Waals surface area (Å²) < 4.78 is 0. The lowest BCUT2D eigenvalue weighted by Crippen LogP contribution is -2.39. The monoisotopic (exact) mass is 218 g/mol. The Labute approximate surface area is 98.7 Å². The highest BCUT2D eigenvalue weighted by molar-refractivity contribution is 5.42. The summed E-state index contributed by atoms with van der Waals surface area (Å²) in [4.78, 5) is 2.61. The molecule has 1 unspecified atom stereocenters. The summed E-state index contributed by atoms with van der Waals surface area (Å²) in [6.45, 7) is 6.78. The van der Waals surface area contributed by atoms with Crippen LogP contribution in [0, 0.1) is 0 Å². The Morgan fingerprint density at radius 1 is 1.31 bits per heavy atom. The Morgan fingerprint density at radius 2 is 2.00 bits per heavy atom. The minimum absolute atomic E-state index is 0.623. The van der Waals surface area contributed by atoms with Gasteiger partial charge in [-0.3, -0.25) is 4.90 Å². The number of rotatable bonds is 6. The van der Waals surface area contributed by atoms with Crippen molar-refractivity contribution in [2.45, 2.75) is 38.8 Å². The quantitative estimate of drug-likeness (QED) is 0.789. The summed E-state index contributed by atoms with van der Waals surface area (Å²) in [5.74, 6) is 0. The van der Waals surface area contributed by atoms with Gasteiger partial charge in [0, 0.05) is 24.3 Å². The van der Waals surface area contributed by atoms with Crippen molar-refractivity contribution in [2.24, 2.45) is 0 Å². The highest BCUT2D eigenvalue weighted by atomic mass is 15.2. The Balaban J connectivity index is 1.80. The fourth-order valence-electron chi connectivity index (χ4n) is 2.27. The largest absolute Gasteiger partial charge is 0.383 e. The Bertz CT molecular complexity index is 306. The van der Waals surface area contributed by atoms with E-state index in [-0.39, 0.29) is 0 Å². The molecule has 1 fully saturated rings. The highest BCUT2D eigenvalue weighted by Gasteiger charge is 2.30. The van der Waals surface area contributed by atoms with Crippen LogP contribution >= 0.6 is 0 Å². The van der Waals surface area contributed by atoms with Crippen molar-refractivity contribution in [3.63, 3.8) is 0 Å². The van der Waals surface area contributed by atoms with Gasteiger partial charge in [0.2, 0.25) is 0 Å². The maximum atomic E-state index is 3.50. The van der Waals surface area contributed by atoms with Crippen LogP contribution in [0.5, 0.6) is 0 Å². The van der Waals surface area contributed by atoms with E-state index in [0.29, 0.717) is 6.04 Å². The lowest BCUT2D eigenvalue weighted by Gasteiger charge is -2.28. The molecule has 0 saturated heterocycles. The molecule has 0 aliphatic heterocycles. The van der Waals surface area contributed by atoms with E-state index in [2.05, 4.69) is 54.4 Å². The summed E-state index contributed by atoms with van der Waals surface area (Å²) in [5, 5.41) is 3.50. The number of hydrogen-bond acceptors (Lipinski definition) is 2. The van der Waals surface area contributed by atoms with Crippen LogP contribution in [0.15, 0.2) is 30.3 Å². The number of anilines is 1. The Hall–Kier alpha value is -1.02. The highest BCUT2D eigenvalue weighted by Crippen LogP contribution is 2.28. The van der Waals surface area contributed by atoms with E-state index in [0.717, 1.165) is 12.6 Å². The van der Waals surface area contributed by atoms with Gasteiger partial charge in [-0.05, 0) is 38.4 Å². The van der Waals surface area contributed by atoms with E-state index in [1.165, 1.54) is 25.1 Å². The molecule has 1 aliphatic carbocycles. The van der Waals surface area contributed by atoms with Gasteiger partial charge in [0.05, 0.1) is 0 Å². The SMILES string of the molecule is CCN(C(C)CNc1ccccc1)C1CC1. The number of benzene rings is 1. The van der Waals surface area contributed by atoms with Crippen LogP contribution in [0.1, 0.15) is 26.7 Å². The average Bonchev–Trinajstić information content (AvgIpc) is 3.13. The third kappa shape index (κ3) is 2.99. The molecule has 1 aromatic rings. The number of nitrogens with one attached hydrogen (secondary N) is 1. The summed E-state index contributed by atoms with van der Waals surface area (Å²) in [6, 6.07) is 11.9. The minimum atomic E-state index is 0.623. The predicted molar refractivity (Wildman–Crippen MR) is 69.8 cm³/mol. The molecule has 0 amide bonds. The maximum Gasteiger partial charge on any atom is 0.0340 e. The molecule has 0 radical (unpaired) electrons. The van der Waals surface area contributed by atoms with Gasteiger partial charge in [0.1, 0.15) is 0 Å². The van der Waals surface area contributed by atoms with Crippen LogP contribution in [0.25, 0.3) is 0 Å². The Morgan fingerprint density at radius 3 is 2.56 bits per heavy atom. The van der Waals surface area contributed by atoms with E-state index in [1.807, 2.05) is 0 Å². The topological polar surface area (TPSA) is 15.3 Å². The second-order valence-corrected chi connectivity index (χ2v) is 4.66. The van der Waals surface area contributed by atoms with Crippen LogP contribution in [0.2, 0.25) is 0 Å². The second-order valence-electron chi connectivity index (χ2n) is 4.66. The lowest BCUT2D eigenvalue weighted by atomic mass is 10.2. The summed E-state index contributed by atoms with van der Waals surface area (Å²) in [5.41, 5.74) is 1.22. The van der Waals surface area contributed by atoms with Crippen LogP contribution in [0.3, 0.4) is 0 Å². The van der Waals surface area contributed by atoms with E-state index in [9.17, 15) is 0 Å². The predicted octanol–water partition coefficient (Wildman–Crippen LogP) is 2.97. The summed E-state index contributed by atoms with van der Waals surface area (Å²) in [6.07, 6.45) is 2.78. The van der Waals surface area contributed by atoms with Gasteiger partial charge >= 0.3 is 0 Å². The number of likely N-dealkylation sites (N-methyl/N-ethyl adjacent to an activating group) is 1. The van der Waals surface area contributed by atoms with Crippen LogP contribution in [-0.4, -0.2) is 30.1 Å². The van der Waals surface area contributed by atoms with Crippen molar-refractivity contribution in [1.82, 2.24) is 4.90 Å². The van der Waals surface area contributed by atoms with Gasteiger partial charge in [-0.15, -0.1) is 0 Å². The number of nitrogens with zero attached hydrogens (tertiary/aromatic N) is 1. The molecule has 1 atom stereocenters. The van der Waals surface area contributed by atoms with Gasteiger partial charge in [-0.25, -0.2) is 0 Å². The van der Waals surface area contributed by atoms with Crippen molar-refractivity contribution < 1.29 is 0 Å². The molecule has 0 spiro atoms. The van der Waals surface area contributed by atoms with Gasteiger partial charge in [0.15, 0.2) is 0 Å². The third-order valence-electron chi connectivity index (χ3n) is 3.32. The Kier molecular flexibility index (Phi) is 3.83. The summed E-state index contributed by atoms with van der Waals surface area (Å²) >= 11 is 0. The van der Waals surface area contributed by atoms with Gasteiger partial charge in [-0.1, -0.05) is 25.1 Å². The molecule has 0 bridgehead atoms. The molecular formula is C14H22N2. The lowest BCUT2D eigenvalue weighted by molar-refractivity contribution is 0.218. The van der Waals surface area contributed by atoms with E-state index < -0.39 is 0 Å². The van der Waals surface area contributed by atoms with Crippen molar-refractivity contribution in [3.8, 4) is 0 Å². The first-order valence-corrected chi connectivity index (χ1v) is 6.36. The molecule has 88 valence electrons. The standard InChI is InChI=1S/C14H22N2/c1-3-16(14-9-10-14)12(2)11-15-13-7-5-4-6-8-13/h4-8,12,14-15H,3,9-11H2,1-2H3. The molecule has 2 nitrogen and oxygen atoms in total. The average molecular weight is 218 g/mol. The van der Waals surface area contributed by atoms with Crippen LogP contribution < -0.4 is 5.32 Å². The molecule has 1 aliphatic rings. The fraction of sp³-hybridized carbons (Fsp3) is 0.571. The fourth-order valence-corrected chi connectivity index (χ4v) is 2.27. The van der Waals surface area contributed by atoms with E-state index in [4.69, 9.17) is 0 Å². The number of para-hydroxylation sites is 1. The molecule has 1 saturated carbocycles. The van der Waals surface area contributed by atoms with Crippen molar-refractivity contribution >= 4 is 5.69 Å². The van der Waals surface area contributed by atoms with Crippen LogP contribution in [-0.2, 0) is 0 Å². The maximum absolute atomic E-state index is 3.50. The van der Waals surface area contributed by atoms with Crippen molar-refractivity contribution in [3.05, 3.63) is 30.3 Å². The first kappa shape index (κ1) is 11.5. The molecule has 16 heavy (non-hydrogen) atoms. The van der Waals surface area contributed by atoms with Crippen molar-refractivity contribution in [1.29, 1.82) is 0 Å². The molecular weight excluding hydrogens is 196 g/mol. The summed E-state index contributed by atoms with van der Waals surface area (Å²) in [7, 11) is 0. The van der Waals surface area contributed by atoms with E-state index in [1.54, 1.807) is 0 Å². The minimum Gasteiger partial charge on any atom is -0.383 e. The molecule has 0 aromatic heterocycles. The molecule has 0 heterocycles. The normalized spacial score (nSPS) is 17.4. The third-order valence-corrected chi connectivity index (χ3v) is 3.32. The first-order chi connectivity index (χ1) is 7.81. The zero-order valence-electron chi connectivity index (χ0n) is 10.3. The molecule has 1 N–H and O–H groups in total. The van der Waals surface area contributed by atoms with Gasteiger partial charge in [-0.2, -0.15) is 0 Å². The molecule has 1 aromatic carbocycles. The van der Waals surface area contributed by atoms with Gasteiger partial charge < -0.3 is 5.32 Å². The first-order valence-electron chi connectivity index (χ1n) is 6.36. The second kappa shape index (κ2) is 5.35. The smallest absolute Gasteiger partial charge is 0.0340 e. The van der Waals surface area contributed by atoms with Crippen LogP contribution in [0.4, 0.5) is 5.69 Å². The number of hydrogen-bond donors (Lipinski definition) is 1. The molecule has 2 heteroatoms. The molecule has 2 rings (SSSR count). The van der Waals surface area contributed by atoms with Gasteiger partial charge in [0.25, 0.3) is 0 Å². The zero-order chi connectivity index (χ0) is 11.4.